The summed E-state index contributed by atoms with van der Waals surface area (Å²) in [5.41, 5.74) is 3.25. The van der Waals surface area contributed by atoms with Gasteiger partial charge >= 0.3 is 0 Å². The highest BCUT2D eigenvalue weighted by molar-refractivity contribution is 5.28. The van der Waals surface area contributed by atoms with Crippen LogP contribution in [0.5, 0.6) is 0 Å². The van der Waals surface area contributed by atoms with Crippen LogP contribution in [0.4, 0.5) is 0 Å². The summed E-state index contributed by atoms with van der Waals surface area (Å²) >= 11 is 0. The molecule has 90 valence electrons. The van der Waals surface area contributed by atoms with Crippen LogP contribution in [0.1, 0.15) is 23.9 Å². The van der Waals surface area contributed by atoms with Gasteiger partial charge in [-0.3, -0.25) is 0 Å². The maximum atomic E-state index is 4.37. The van der Waals surface area contributed by atoms with Crippen molar-refractivity contribution in [2.24, 2.45) is 0 Å². The zero-order chi connectivity index (χ0) is 12.3. The van der Waals surface area contributed by atoms with Crippen molar-refractivity contribution in [2.75, 3.05) is 6.54 Å². The first-order valence-corrected chi connectivity index (χ1v) is 5.75. The maximum Gasteiger partial charge on any atom is 0.157 e. The zero-order valence-electron chi connectivity index (χ0n) is 10.4. The van der Waals surface area contributed by atoms with Crippen LogP contribution in [-0.2, 0) is 6.54 Å². The van der Waals surface area contributed by atoms with E-state index < -0.39 is 0 Å². The molecule has 5 nitrogen and oxygen atoms in total. The summed E-state index contributed by atoms with van der Waals surface area (Å²) < 4.78 is 1.85. The number of rotatable bonds is 4. The van der Waals surface area contributed by atoms with Gasteiger partial charge in [0.2, 0.25) is 0 Å². The van der Waals surface area contributed by atoms with Gasteiger partial charge in [0.25, 0.3) is 0 Å². The maximum absolute atomic E-state index is 4.37. The average molecular weight is 231 g/mol. The molecule has 17 heavy (non-hydrogen) atoms. The molecule has 0 saturated heterocycles. The molecule has 2 heterocycles. The smallest absolute Gasteiger partial charge is 0.157 e. The van der Waals surface area contributed by atoms with E-state index in [4.69, 9.17) is 0 Å². The van der Waals surface area contributed by atoms with Crippen molar-refractivity contribution < 1.29 is 0 Å². The van der Waals surface area contributed by atoms with Crippen molar-refractivity contribution in [3.05, 3.63) is 35.5 Å². The largest absolute Gasteiger partial charge is 0.313 e. The highest BCUT2D eigenvalue weighted by atomic mass is 15.3. The Hall–Kier alpha value is -1.75. The van der Waals surface area contributed by atoms with Crippen molar-refractivity contribution in [3.63, 3.8) is 0 Å². The van der Waals surface area contributed by atoms with Crippen molar-refractivity contribution in [1.29, 1.82) is 0 Å². The number of aryl methyl sites for hydroxylation is 1. The van der Waals surface area contributed by atoms with Crippen LogP contribution in [0.25, 0.3) is 5.82 Å². The molecule has 0 atom stereocenters. The SMILES string of the molecule is CCNCc1cnn(-c2cc(C)ncn2)c1C. The first-order valence-electron chi connectivity index (χ1n) is 5.75. The molecule has 1 N–H and O–H groups in total. The van der Waals surface area contributed by atoms with Crippen LogP contribution >= 0.6 is 0 Å². The molecule has 0 aliphatic rings. The van der Waals surface area contributed by atoms with Crippen molar-refractivity contribution in [1.82, 2.24) is 25.1 Å². The minimum Gasteiger partial charge on any atom is -0.313 e. The summed E-state index contributed by atoms with van der Waals surface area (Å²) in [5, 5.41) is 7.66. The molecule has 0 aromatic carbocycles. The normalized spacial score (nSPS) is 10.8. The number of aromatic nitrogens is 4. The number of hydrogen-bond acceptors (Lipinski definition) is 4. The molecule has 0 saturated carbocycles. The predicted octanol–water partition coefficient (Wildman–Crippen LogP) is 1.39. The lowest BCUT2D eigenvalue weighted by molar-refractivity contribution is 0.720. The summed E-state index contributed by atoms with van der Waals surface area (Å²) in [6, 6.07) is 1.93. The second kappa shape index (κ2) is 5.05. The first kappa shape index (κ1) is 11.7. The third-order valence-electron chi connectivity index (χ3n) is 2.68. The Morgan fingerprint density at radius 3 is 2.82 bits per heavy atom. The lowest BCUT2D eigenvalue weighted by Crippen LogP contribution is -2.12. The van der Waals surface area contributed by atoms with Crippen LogP contribution in [0.2, 0.25) is 0 Å². The summed E-state index contributed by atoms with van der Waals surface area (Å²) in [4.78, 5) is 8.32. The Morgan fingerprint density at radius 1 is 1.29 bits per heavy atom. The molecule has 2 rings (SSSR count). The fourth-order valence-corrected chi connectivity index (χ4v) is 1.66. The van der Waals surface area contributed by atoms with Gasteiger partial charge in [-0.25, -0.2) is 14.6 Å². The molecule has 0 aliphatic heterocycles. The van der Waals surface area contributed by atoms with E-state index in [9.17, 15) is 0 Å². The molecule has 0 spiro atoms. The van der Waals surface area contributed by atoms with Gasteiger partial charge in [-0.05, 0) is 20.4 Å². The fraction of sp³-hybridized carbons (Fsp3) is 0.417. The Morgan fingerprint density at radius 2 is 2.12 bits per heavy atom. The summed E-state index contributed by atoms with van der Waals surface area (Å²) in [6.07, 6.45) is 3.45. The Labute approximate surface area is 101 Å². The van der Waals surface area contributed by atoms with Crippen molar-refractivity contribution in [2.45, 2.75) is 27.3 Å². The molecule has 5 heteroatoms. The first-order chi connectivity index (χ1) is 8.22. The molecule has 2 aromatic rings. The fourth-order valence-electron chi connectivity index (χ4n) is 1.66. The van der Waals surface area contributed by atoms with E-state index in [2.05, 4.69) is 34.2 Å². The zero-order valence-corrected chi connectivity index (χ0v) is 10.4. The van der Waals surface area contributed by atoms with Crippen LogP contribution in [0.15, 0.2) is 18.6 Å². The Balaban J connectivity index is 2.30. The third-order valence-corrected chi connectivity index (χ3v) is 2.68. The van der Waals surface area contributed by atoms with Crippen LogP contribution in [0, 0.1) is 13.8 Å². The van der Waals surface area contributed by atoms with E-state index in [1.165, 1.54) is 5.56 Å². The van der Waals surface area contributed by atoms with Gasteiger partial charge in [-0.15, -0.1) is 0 Å². The van der Waals surface area contributed by atoms with Gasteiger partial charge in [-0.2, -0.15) is 5.10 Å². The van der Waals surface area contributed by atoms with Gasteiger partial charge in [0.05, 0.1) is 6.20 Å². The summed E-state index contributed by atoms with van der Waals surface area (Å²) in [7, 11) is 0. The molecular formula is C12H17N5. The predicted molar refractivity (Wildman–Crippen MR) is 66.0 cm³/mol. The average Bonchev–Trinajstić information content (AvgIpc) is 2.68. The second-order valence-electron chi connectivity index (χ2n) is 3.96. The number of nitrogens with one attached hydrogen (secondary N) is 1. The van der Waals surface area contributed by atoms with E-state index in [-0.39, 0.29) is 0 Å². The van der Waals surface area contributed by atoms with Crippen molar-refractivity contribution >= 4 is 0 Å². The monoisotopic (exact) mass is 231 g/mol. The van der Waals surface area contributed by atoms with E-state index in [1.54, 1.807) is 6.33 Å². The molecule has 0 fully saturated rings. The number of hydrogen-bond donors (Lipinski definition) is 1. The molecule has 0 bridgehead atoms. The lowest BCUT2D eigenvalue weighted by atomic mass is 10.2. The minimum absolute atomic E-state index is 0.817. The quantitative estimate of drug-likeness (QED) is 0.864. The minimum atomic E-state index is 0.817. The molecule has 0 unspecified atom stereocenters. The summed E-state index contributed by atoms with van der Waals surface area (Å²) in [5.74, 6) is 0.817. The van der Waals surface area contributed by atoms with Gasteiger partial charge < -0.3 is 5.32 Å². The molecule has 0 radical (unpaired) electrons. The van der Waals surface area contributed by atoms with Gasteiger partial charge in [0.15, 0.2) is 5.82 Å². The lowest BCUT2D eigenvalue weighted by Gasteiger charge is -2.05. The second-order valence-corrected chi connectivity index (χ2v) is 3.96. The highest BCUT2D eigenvalue weighted by Gasteiger charge is 2.08. The van der Waals surface area contributed by atoms with Crippen LogP contribution in [-0.4, -0.2) is 26.3 Å². The van der Waals surface area contributed by atoms with Crippen LogP contribution in [0.3, 0.4) is 0 Å². The van der Waals surface area contributed by atoms with Gasteiger partial charge in [0.1, 0.15) is 6.33 Å². The standard InChI is InChI=1S/C12H17N5/c1-4-13-6-11-7-16-17(10(11)3)12-5-9(2)14-8-15-12/h5,7-8,13H,4,6H2,1-3H3. The van der Waals surface area contributed by atoms with E-state index in [1.807, 2.05) is 23.9 Å². The third kappa shape index (κ3) is 2.50. The van der Waals surface area contributed by atoms with Gasteiger partial charge in [-0.1, -0.05) is 6.92 Å². The topological polar surface area (TPSA) is 55.6 Å². The Kier molecular flexibility index (Phi) is 3.49. The van der Waals surface area contributed by atoms with E-state index >= 15 is 0 Å². The molecule has 2 aromatic heterocycles. The van der Waals surface area contributed by atoms with Gasteiger partial charge in [0, 0.05) is 29.6 Å². The number of nitrogens with zero attached hydrogens (tertiary/aromatic N) is 4. The molecule has 0 amide bonds. The molecular weight excluding hydrogens is 214 g/mol. The molecule has 0 aliphatic carbocycles. The van der Waals surface area contributed by atoms with Crippen LogP contribution < -0.4 is 5.32 Å². The van der Waals surface area contributed by atoms with Crippen molar-refractivity contribution in [3.8, 4) is 5.82 Å². The van der Waals surface area contributed by atoms with E-state index in [0.717, 1.165) is 30.3 Å². The Bertz CT molecular complexity index is 503. The summed E-state index contributed by atoms with van der Waals surface area (Å²) in [6.45, 7) is 7.89. The van der Waals surface area contributed by atoms with E-state index in [0.29, 0.717) is 0 Å². The highest BCUT2D eigenvalue weighted by Crippen LogP contribution is 2.12.